The van der Waals surface area contributed by atoms with Crippen molar-refractivity contribution in [3.8, 4) is 0 Å². The van der Waals surface area contributed by atoms with Gasteiger partial charge >= 0.3 is 0 Å². The number of piperidine rings is 1. The van der Waals surface area contributed by atoms with E-state index in [0.717, 1.165) is 36.4 Å². The molecule has 1 saturated heterocycles. The Hall–Kier alpha value is -2.41. The molecule has 7 heteroatoms. The maximum absolute atomic E-state index is 13.8. The Bertz CT molecular complexity index is 819. The Morgan fingerprint density at radius 2 is 1.54 bits per heavy atom. The van der Waals surface area contributed by atoms with E-state index in [1.807, 2.05) is 0 Å². The van der Waals surface area contributed by atoms with E-state index in [1.54, 1.807) is 0 Å². The minimum atomic E-state index is -1.20. The molecule has 26 heavy (non-hydrogen) atoms. The van der Waals surface area contributed by atoms with Gasteiger partial charge < -0.3 is 10.0 Å². The molecule has 1 amide bonds. The summed E-state index contributed by atoms with van der Waals surface area (Å²) in [4.78, 5) is 13.7. The highest BCUT2D eigenvalue weighted by molar-refractivity contribution is 5.94. The number of hydrogen-bond donors (Lipinski definition) is 1. The molecule has 1 N–H and O–H groups in total. The lowest BCUT2D eigenvalue weighted by molar-refractivity contribution is 0.0445. The average Bonchev–Trinajstić information content (AvgIpc) is 2.64. The van der Waals surface area contributed by atoms with Crippen LogP contribution in [0.1, 0.15) is 34.9 Å². The van der Waals surface area contributed by atoms with Crippen molar-refractivity contribution in [1.29, 1.82) is 0 Å². The Kier molecular flexibility index (Phi) is 5.27. The second-order valence-electron chi connectivity index (χ2n) is 6.36. The summed E-state index contributed by atoms with van der Waals surface area (Å²) in [7, 11) is 0. The van der Waals surface area contributed by atoms with Crippen LogP contribution >= 0.6 is 0 Å². The molecule has 2 aromatic rings. The molecule has 1 heterocycles. The van der Waals surface area contributed by atoms with Gasteiger partial charge in [-0.1, -0.05) is 0 Å². The van der Waals surface area contributed by atoms with E-state index in [-0.39, 0.29) is 30.1 Å². The predicted octanol–water partition coefficient (Wildman–Crippen LogP) is 3.83. The second-order valence-corrected chi connectivity index (χ2v) is 6.36. The van der Waals surface area contributed by atoms with Crippen molar-refractivity contribution < 1.29 is 27.5 Å². The molecule has 0 aliphatic carbocycles. The van der Waals surface area contributed by atoms with Gasteiger partial charge in [0.15, 0.2) is 0 Å². The maximum atomic E-state index is 13.8. The first-order valence-electron chi connectivity index (χ1n) is 8.24. The lowest BCUT2D eigenvalue weighted by atomic mass is 9.87. The van der Waals surface area contributed by atoms with Gasteiger partial charge in [0.2, 0.25) is 0 Å². The van der Waals surface area contributed by atoms with Crippen LogP contribution in [0.2, 0.25) is 0 Å². The lowest BCUT2D eigenvalue weighted by Gasteiger charge is -2.34. The van der Waals surface area contributed by atoms with Crippen molar-refractivity contribution in [2.24, 2.45) is 5.92 Å². The summed E-state index contributed by atoms with van der Waals surface area (Å²) >= 11 is 0. The van der Waals surface area contributed by atoms with Crippen molar-refractivity contribution in [3.05, 3.63) is 70.8 Å². The molecule has 1 fully saturated rings. The number of aliphatic hydroxyl groups is 1. The number of aliphatic hydroxyl groups excluding tert-OH is 1. The average molecular weight is 367 g/mol. The van der Waals surface area contributed by atoms with Crippen LogP contribution in [0.3, 0.4) is 0 Å². The number of hydrogen-bond acceptors (Lipinski definition) is 2. The van der Waals surface area contributed by atoms with Crippen LogP contribution in [0, 0.1) is 29.2 Å². The molecule has 0 aromatic heterocycles. The Labute approximate surface area is 147 Å². The standard InChI is InChI=1S/C19H17F4NO2/c20-12-1-3-16(22)14(9-12)18(25)11-5-7-24(8-6-11)19(26)15-10-13(21)2-4-17(15)23/h1-4,9-11,18,25H,5-8H2. The summed E-state index contributed by atoms with van der Waals surface area (Å²) in [5.41, 5.74) is -0.467. The normalized spacial score (nSPS) is 16.6. The highest BCUT2D eigenvalue weighted by Gasteiger charge is 2.31. The number of benzene rings is 2. The van der Waals surface area contributed by atoms with Crippen molar-refractivity contribution in [1.82, 2.24) is 4.90 Å². The summed E-state index contributed by atoms with van der Waals surface area (Å²) in [5.74, 6) is -3.85. The summed E-state index contributed by atoms with van der Waals surface area (Å²) in [6.45, 7) is 0.404. The number of nitrogens with zero attached hydrogens (tertiary/aromatic N) is 1. The quantitative estimate of drug-likeness (QED) is 0.838. The molecule has 0 radical (unpaired) electrons. The van der Waals surface area contributed by atoms with Gasteiger partial charge in [-0.25, -0.2) is 17.6 Å². The summed E-state index contributed by atoms with van der Waals surface area (Å²) in [6, 6.07) is 5.56. The third kappa shape index (κ3) is 3.72. The molecular formula is C19H17F4NO2. The van der Waals surface area contributed by atoms with Crippen LogP contribution in [0.25, 0.3) is 0 Å². The van der Waals surface area contributed by atoms with E-state index < -0.39 is 35.3 Å². The zero-order valence-electron chi connectivity index (χ0n) is 13.8. The Morgan fingerprint density at radius 3 is 2.19 bits per heavy atom. The van der Waals surface area contributed by atoms with Crippen LogP contribution in [-0.4, -0.2) is 29.0 Å². The molecule has 1 unspecified atom stereocenters. The maximum Gasteiger partial charge on any atom is 0.256 e. The van der Waals surface area contributed by atoms with E-state index in [1.165, 1.54) is 4.90 Å². The number of rotatable bonds is 3. The predicted molar refractivity (Wildman–Crippen MR) is 86.3 cm³/mol. The lowest BCUT2D eigenvalue weighted by Crippen LogP contribution is -2.40. The van der Waals surface area contributed by atoms with Crippen LogP contribution in [0.15, 0.2) is 36.4 Å². The fraction of sp³-hybridized carbons (Fsp3) is 0.316. The number of carbonyl (C=O) groups is 1. The fourth-order valence-corrected chi connectivity index (χ4v) is 3.25. The van der Waals surface area contributed by atoms with Crippen molar-refractivity contribution in [2.45, 2.75) is 18.9 Å². The molecule has 0 bridgehead atoms. The topological polar surface area (TPSA) is 40.5 Å². The molecule has 1 aliphatic rings. The third-order valence-electron chi connectivity index (χ3n) is 4.71. The van der Waals surface area contributed by atoms with E-state index in [4.69, 9.17) is 0 Å². The first-order valence-corrected chi connectivity index (χ1v) is 8.24. The van der Waals surface area contributed by atoms with Crippen molar-refractivity contribution in [3.63, 3.8) is 0 Å². The van der Waals surface area contributed by atoms with Gasteiger partial charge in [-0.3, -0.25) is 4.79 Å². The monoisotopic (exact) mass is 367 g/mol. The van der Waals surface area contributed by atoms with Crippen molar-refractivity contribution >= 4 is 5.91 Å². The van der Waals surface area contributed by atoms with Crippen LogP contribution in [0.4, 0.5) is 17.6 Å². The highest BCUT2D eigenvalue weighted by Crippen LogP contribution is 2.33. The molecule has 3 nitrogen and oxygen atoms in total. The van der Waals surface area contributed by atoms with Gasteiger partial charge in [-0.05, 0) is 55.2 Å². The molecule has 1 aliphatic heterocycles. The molecule has 3 rings (SSSR count). The minimum absolute atomic E-state index is 0.119. The number of carbonyl (C=O) groups excluding carboxylic acids is 1. The third-order valence-corrected chi connectivity index (χ3v) is 4.71. The molecule has 2 aromatic carbocycles. The van der Waals surface area contributed by atoms with Crippen LogP contribution in [-0.2, 0) is 0 Å². The van der Waals surface area contributed by atoms with E-state index in [2.05, 4.69) is 0 Å². The van der Waals surface area contributed by atoms with Gasteiger partial charge in [-0.2, -0.15) is 0 Å². The molecule has 1 atom stereocenters. The van der Waals surface area contributed by atoms with Gasteiger partial charge in [0.1, 0.15) is 23.3 Å². The molecule has 0 saturated carbocycles. The second kappa shape index (κ2) is 7.45. The molecule has 138 valence electrons. The summed E-state index contributed by atoms with van der Waals surface area (Å²) in [6.07, 6.45) is -0.534. The SMILES string of the molecule is O=C(c1cc(F)ccc1F)N1CCC(C(O)c2cc(F)ccc2F)CC1. The first-order chi connectivity index (χ1) is 12.4. The first kappa shape index (κ1) is 18.4. The van der Waals surface area contributed by atoms with Gasteiger partial charge in [0, 0.05) is 18.7 Å². The van der Waals surface area contributed by atoms with E-state index in [9.17, 15) is 27.5 Å². The van der Waals surface area contributed by atoms with E-state index >= 15 is 0 Å². The van der Waals surface area contributed by atoms with Crippen LogP contribution < -0.4 is 0 Å². The Morgan fingerprint density at radius 1 is 0.962 bits per heavy atom. The zero-order valence-corrected chi connectivity index (χ0v) is 13.8. The van der Waals surface area contributed by atoms with Crippen LogP contribution in [0.5, 0.6) is 0 Å². The minimum Gasteiger partial charge on any atom is -0.388 e. The van der Waals surface area contributed by atoms with Gasteiger partial charge in [0.25, 0.3) is 5.91 Å². The van der Waals surface area contributed by atoms with Crippen molar-refractivity contribution in [2.75, 3.05) is 13.1 Å². The van der Waals surface area contributed by atoms with E-state index in [0.29, 0.717) is 12.8 Å². The smallest absolute Gasteiger partial charge is 0.256 e. The molecule has 0 spiro atoms. The number of halogens is 4. The largest absolute Gasteiger partial charge is 0.388 e. The number of amides is 1. The summed E-state index contributed by atoms with van der Waals surface area (Å²) < 4.78 is 54.1. The fourth-order valence-electron chi connectivity index (χ4n) is 3.25. The summed E-state index contributed by atoms with van der Waals surface area (Å²) in [5, 5.41) is 10.4. The highest BCUT2D eigenvalue weighted by atomic mass is 19.1. The van der Waals surface area contributed by atoms with Gasteiger partial charge in [-0.15, -0.1) is 0 Å². The number of likely N-dealkylation sites (tertiary alicyclic amines) is 1. The Balaban J connectivity index is 1.68. The van der Waals surface area contributed by atoms with Gasteiger partial charge in [0.05, 0.1) is 11.7 Å². The zero-order chi connectivity index (χ0) is 18.8. The molecular weight excluding hydrogens is 350 g/mol.